The third-order valence-corrected chi connectivity index (χ3v) is 2.50. The maximum Gasteiger partial charge on any atom is 0.485 e. The number of hydrogen-bond donors (Lipinski definition) is 0. The molecule has 22 heavy (non-hydrogen) atoms. The molecule has 0 N–H and O–H groups in total. The van der Waals surface area contributed by atoms with Crippen LogP contribution >= 0.6 is 0 Å². The Morgan fingerprint density at radius 2 is 1.73 bits per heavy atom. The Bertz CT molecular complexity index is 626. The standard InChI is InChI=1S/C10H13N2O2.CHF3O3S/c1-3-13-9-7-5-6-8(12-11)10(9)14-4-2;2-1(3,4)8(5,6)7/h5-7H,3-4H2,1-2H3;(H,5,6,7)/q+1;/p-1. The minimum atomic E-state index is -6.09. The molecule has 0 fully saturated rings. The molecule has 1 aromatic carbocycles. The minimum absolute atomic E-state index is 0.387. The van der Waals surface area contributed by atoms with Gasteiger partial charge in [-0.15, -0.1) is 0 Å². The molecule has 0 bridgehead atoms. The molecule has 0 amide bonds. The van der Waals surface area contributed by atoms with Gasteiger partial charge >= 0.3 is 11.2 Å². The van der Waals surface area contributed by atoms with Crippen molar-refractivity contribution >= 4 is 15.8 Å². The number of alkyl halides is 3. The number of rotatable bonds is 4. The summed E-state index contributed by atoms with van der Waals surface area (Å²) in [6, 6.07) is 5.19. The summed E-state index contributed by atoms with van der Waals surface area (Å²) in [6.07, 6.45) is 0. The summed E-state index contributed by atoms with van der Waals surface area (Å²) >= 11 is 0. The largest absolute Gasteiger partial charge is 0.741 e. The zero-order chi connectivity index (χ0) is 17.4. The lowest BCUT2D eigenvalue weighted by atomic mass is 10.3. The molecule has 1 rings (SSSR count). The Labute approximate surface area is 125 Å². The molecule has 0 saturated carbocycles. The highest BCUT2D eigenvalue weighted by molar-refractivity contribution is 7.86. The first-order chi connectivity index (χ1) is 10.1. The second-order valence-electron chi connectivity index (χ2n) is 3.47. The first-order valence-electron chi connectivity index (χ1n) is 5.84. The third-order valence-electron chi connectivity index (χ3n) is 1.94. The van der Waals surface area contributed by atoms with E-state index in [0.717, 1.165) is 0 Å². The summed E-state index contributed by atoms with van der Waals surface area (Å²) in [4.78, 5) is 3.13. The fourth-order valence-corrected chi connectivity index (χ4v) is 1.14. The number of para-hydroxylation sites is 1. The normalized spacial score (nSPS) is 11.0. The molecule has 0 aliphatic heterocycles. The molecule has 0 heterocycles. The highest BCUT2D eigenvalue weighted by Crippen LogP contribution is 2.37. The Hall–Kier alpha value is -2.06. The van der Waals surface area contributed by atoms with E-state index in [1.807, 2.05) is 13.8 Å². The van der Waals surface area contributed by atoms with Crippen molar-refractivity contribution in [3.8, 4) is 11.5 Å². The average Bonchev–Trinajstić information content (AvgIpc) is 2.39. The zero-order valence-electron chi connectivity index (χ0n) is 11.6. The van der Waals surface area contributed by atoms with Crippen molar-refractivity contribution < 1.29 is 35.6 Å². The van der Waals surface area contributed by atoms with Crippen LogP contribution in [0.15, 0.2) is 18.2 Å². The molecule has 0 aliphatic rings. The highest BCUT2D eigenvalue weighted by atomic mass is 32.2. The van der Waals surface area contributed by atoms with E-state index < -0.39 is 15.6 Å². The van der Waals surface area contributed by atoms with Crippen molar-refractivity contribution in [3.05, 3.63) is 23.2 Å². The summed E-state index contributed by atoms with van der Waals surface area (Å²) in [6.45, 7) is 4.81. The summed E-state index contributed by atoms with van der Waals surface area (Å²) in [5, 5.41) is 8.73. The Balaban J connectivity index is 0.000000472. The number of ether oxygens (including phenoxy) is 2. The molecule has 0 aliphatic carbocycles. The molecule has 0 unspecified atom stereocenters. The molecule has 0 saturated heterocycles. The first kappa shape index (κ1) is 19.9. The molecule has 1 aromatic rings. The van der Waals surface area contributed by atoms with E-state index in [0.29, 0.717) is 30.4 Å². The zero-order valence-corrected chi connectivity index (χ0v) is 12.4. The molecular weight excluding hydrogens is 329 g/mol. The van der Waals surface area contributed by atoms with Crippen LogP contribution in [0.3, 0.4) is 0 Å². The molecule has 124 valence electrons. The van der Waals surface area contributed by atoms with Gasteiger partial charge in [0, 0.05) is 6.07 Å². The fourth-order valence-electron chi connectivity index (χ4n) is 1.14. The van der Waals surface area contributed by atoms with Crippen molar-refractivity contribution in [3.63, 3.8) is 0 Å². The summed E-state index contributed by atoms with van der Waals surface area (Å²) in [7, 11) is -6.09. The van der Waals surface area contributed by atoms with Gasteiger partial charge < -0.3 is 14.0 Å². The Morgan fingerprint density at radius 1 is 1.23 bits per heavy atom. The third kappa shape index (κ3) is 6.15. The van der Waals surface area contributed by atoms with Crippen LogP contribution in [0, 0.1) is 5.39 Å². The molecule has 0 spiro atoms. The minimum Gasteiger partial charge on any atom is -0.741 e. The first-order valence-corrected chi connectivity index (χ1v) is 7.25. The van der Waals surface area contributed by atoms with Gasteiger partial charge in [0.05, 0.1) is 13.2 Å². The van der Waals surface area contributed by atoms with Crippen molar-refractivity contribution in [2.75, 3.05) is 13.2 Å². The predicted molar refractivity (Wildman–Crippen MR) is 69.3 cm³/mol. The van der Waals surface area contributed by atoms with Gasteiger partial charge in [0.1, 0.15) is 0 Å². The van der Waals surface area contributed by atoms with Crippen LogP contribution < -0.4 is 9.47 Å². The summed E-state index contributed by atoms with van der Waals surface area (Å²) in [5.74, 6) is 1.09. The van der Waals surface area contributed by atoms with Gasteiger partial charge in [-0.25, -0.2) is 8.42 Å². The van der Waals surface area contributed by atoms with E-state index in [-0.39, 0.29) is 0 Å². The number of benzene rings is 1. The van der Waals surface area contributed by atoms with Crippen LogP contribution in [-0.4, -0.2) is 31.7 Å². The van der Waals surface area contributed by atoms with Crippen molar-refractivity contribution in [2.24, 2.45) is 0 Å². The second-order valence-corrected chi connectivity index (χ2v) is 4.84. The molecule has 11 heteroatoms. The monoisotopic (exact) mass is 342 g/mol. The molecule has 0 radical (unpaired) electrons. The Morgan fingerprint density at radius 3 is 2.09 bits per heavy atom. The van der Waals surface area contributed by atoms with E-state index >= 15 is 0 Å². The molecule has 0 aromatic heterocycles. The van der Waals surface area contributed by atoms with E-state index in [1.54, 1.807) is 18.2 Å². The molecular formula is C11H13F3N2O5S. The van der Waals surface area contributed by atoms with E-state index in [1.165, 1.54) is 0 Å². The quantitative estimate of drug-likeness (QED) is 0.473. The summed E-state index contributed by atoms with van der Waals surface area (Å²) in [5.41, 5.74) is -5.26. The van der Waals surface area contributed by atoms with E-state index in [2.05, 4.69) is 4.98 Å². The fraction of sp³-hybridized carbons (Fsp3) is 0.455. The van der Waals surface area contributed by atoms with Gasteiger partial charge in [-0.1, -0.05) is 6.07 Å². The number of diazo groups is 1. The van der Waals surface area contributed by atoms with Crippen LogP contribution in [0.25, 0.3) is 4.98 Å². The van der Waals surface area contributed by atoms with Gasteiger partial charge in [-0.3, -0.25) is 0 Å². The highest BCUT2D eigenvalue weighted by Gasteiger charge is 2.36. The van der Waals surface area contributed by atoms with Crippen LogP contribution in [0.5, 0.6) is 11.5 Å². The van der Waals surface area contributed by atoms with Gasteiger partial charge in [0.15, 0.2) is 20.8 Å². The SMILES string of the molecule is CCOc1cccc([N+]#N)c1OCC.O=S(=O)([O-])C(F)(F)F. The van der Waals surface area contributed by atoms with E-state index in [9.17, 15) is 13.2 Å². The van der Waals surface area contributed by atoms with Crippen LogP contribution in [0.2, 0.25) is 0 Å². The lowest BCUT2D eigenvalue weighted by molar-refractivity contribution is -0.0517. The van der Waals surface area contributed by atoms with Gasteiger partial charge in [0.2, 0.25) is 5.39 Å². The lowest BCUT2D eigenvalue weighted by Gasteiger charge is -2.08. The number of halogens is 3. The van der Waals surface area contributed by atoms with Crippen molar-refractivity contribution in [1.82, 2.24) is 0 Å². The van der Waals surface area contributed by atoms with E-state index in [4.69, 9.17) is 27.8 Å². The van der Waals surface area contributed by atoms with Crippen molar-refractivity contribution in [2.45, 2.75) is 19.4 Å². The maximum atomic E-state index is 10.7. The lowest BCUT2D eigenvalue weighted by Crippen LogP contribution is -2.21. The van der Waals surface area contributed by atoms with Crippen LogP contribution in [0.4, 0.5) is 18.9 Å². The average molecular weight is 342 g/mol. The van der Waals surface area contributed by atoms with Gasteiger partial charge in [-0.05, 0) is 19.9 Å². The Kier molecular flexibility index (Phi) is 7.61. The summed E-state index contributed by atoms with van der Waals surface area (Å²) < 4.78 is 69.6. The predicted octanol–water partition coefficient (Wildman–Crippen LogP) is 3.02. The topological polar surface area (TPSA) is 104 Å². The molecule has 0 atom stereocenters. The van der Waals surface area contributed by atoms with Crippen molar-refractivity contribution in [1.29, 1.82) is 5.39 Å². The number of nitrogens with zero attached hydrogens (tertiary/aromatic N) is 2. The molecule has 7 nitrogen and oxygen atoms in total. The van der Waals surface area contributed by atoms with Crippen LogP contribution in [-0.2, 0) is 10.1 Å². The number of hydrogen-bond acceptors (Lipinski definition) is 6. The van der Waals surface area contributed by atoms with Gasteiger partial charge in [0.25, 0.3) is 5.75 Å². The smallest absolute Gasteiger partial charge is 0.485 e. The van der Waals surface area contributed by atoms with Gasteiger partial charge in [-0.2, -0.15) is 13.2 Å². The second kappa shape index (κ2) is 8.40. The maximum absolute atomic E-state index is 10.7. The van der Waals surface area contributed by atoms with Crippen LogP contribution in [0.1, 0.15) is 13.8 Å².